The van der Waals surface area contributed by atoms with E-state index in [-0.39, 0.29) is 0 Å². The maximum atomic E-state index is 5.77. The summed E-state index contributed by atoms with van der Waals surface area (Å²) in [7, 11) is 0. The van der Waals surface area contributed by atoms with Crippen molar-refractivity contribution >= 4 is 0 Å². The average Bonchev–Trinajstić information content (AvgIpc) is 2.30. The highest BCUT2D eigenvalue weighted by Crippen LogP contribution is 2.22. The number of hydrogen-bond acceptors (Lipinski definition) is 3. The summed E-state index contributed by atoms with van der Waals surface area (Å²) in [6.07, 6.45) is 7.06. The molecule has 0 bridgehead atoms. The quantitative estimate of drug-likeness (QED) is 0.813. The molecule has 2 rings (SSSR count). The van der Waals surface area contributed by atoms with Gasteiger partial charge in [0.15, 0.2) is 0 Å². The van der Waals surface area contributed by atoms with Crippen molar-refractivity contribution in [2.24, 2.45) is 0 Å². The number of nitrogens with zero attached hydrogens (tertiary/aromatic N) is 1. The van der Waals surface area contributed by atoms with Crippen LogP contribution < -0.4 is 5.32 Å². The zero-order valence-electron chi connectivity index (χ0n) is 11.5. The van der Waals surface area contributed by atoms with E-state index in [0.717, 1.165) is 13.2 Å². The fourth-order valence-electron chi connectivity index (χ4n) is 3.28. The van der Waals surface area contributed by atoms with E-state index in [9.17, 15) is 0 Å². The summed E-state index contributed by atoms with van der Waals surface area (Å²) in [6.45, 7) is 10.1. The first kappa shape index (κ1) is 13.3. The molecular formula is C14H28N2O. The molecule has 17 heavy (non-hydrogen) atoms. The van der Waals surface area contributed by atoms with Crippen LogP contribution in [0.5, 0.6) is 0 Å². The van der Waals surface area contributed by atoms with Gasteiger partial charge in [-0.2, -0.15) is 0 Å². The molecule has 2 unspecified atom stereocenters. The van der Waals surface area contributed by atoms with Gasteiger partial charge in [0, 0.05) is 25.2 Å². The Balaban J connectivity index is 1.81. The van der Waals surface area contributed by atoms with Crippen LogP contribution in [0.2, 0.25) is 0 Å². The molecule has 2 atom stereocenters. The van der Waals surface area contributed by atoms with E-state index in [2.05, 4.69) is 24.1 Å². The van der Waals surface area contributed by atoms with Crippen LogP contribution in [0.1, 0.15) is 46.0 Å². The van der Waals surface area contributed by atoms with Crippen LogP contribution in [0.3, 0.4) is 0 Å². The van der Waals surface area contributed by atoms with Gasteiger partial charge >= 0.3 is 0 Å². The summed E-state index contributed by atoms with van der Waals surface area (Å²) in [5.41, 5.74) is 0.340. The fourth-order valence-corrected chi connectivity index (χ4v) is 3.28. The van der Waals surface area contributed by atoms with Crippen molar-refractivity contribution < 1.29 is 4.74 Å². The van der Waals surface area contributed by atoms with Crippen molar-refractivity contribution in [2.45, 2.75) is 57.6 Å². The van der Waals surface area contributed by atoms with E-state index in [1.54, 1.807) is 0 Å². The van der Waals surface area contributed by atoms with Gasteiger partial charge in [0.1, 0.15) is 0 Å². The number of rotatable bonds is 4. The Morgan fingerprint density at radius 3 is 2.94 bits per heavy atom. The summed E-state index contributed by atoms with van der Waals surface area (Å²) >= 11 is 0. The molecule has 2 heterocycles. The second-order valence-corrected chi connectivity index (χ2v) is 5.90. The zero-order valence-corrected chi connectivity index (χ0v) is 11.5. The Kier molecular flexibility index (Phi) is 4.83. The maximum absolute atomic E-state index is 5.77. The Morgan fingerprint density at radius 2 is 2.24 bits per heavy atom. The van der Waals surface area contributed by atoms with Crippen LogP contribution >= 0.6 is 0 Å². The lowest BCUT2D eigenvalue weighted by Crippen LogP contribution is -2.55. The molecule has 2 aliphatic heterocycles. The Morgan fingerprint density at radius 1 is 1.35 bits per heavy atom. The van der Waals surface area contributed by atoms with E-state index in [4.69, 9.17) is 4.74 Å². The first-order chi connectivity index (χ1) is 8.22. The predicted octanol–water partition coefficient (Wildman–Crippen LogP) is 2.02. The van der Waals surface area contributed by atoms with Gasteiger partial charge in [-0.25, -0.2) is 0 Å². The van der Waals surface area contributed by atoms with Gasteiger partial charge in [0.25, 0.3) is 0 Å². The molecule has 2 aliphatic rings. The normalized spacial score (nSPS) is 36.0. The molecule has 3 nitrogen and oxygen atoms in total. The van der Waals surface area contributed by atoms with Gasteiger partial charge in [-0.05, 0) is 52.6 Å². The second kappa shape index (κ2) is 6.17. The molecule has 0 radical (unpaired) electrons. The molecule has 2 saturated heterocycles. The third-order valence-electron chi connectivity index (χ3n) is 4.14. The molecule has 0 aromatic heterocycles. The van der Waals surface area contributed by atoms with Gasteiger partial charge in [-0.3, -0.25) is 4.90 Å². The van der Waals surface area contributed by atoms with E-state index < -0.39 is 0 Å². The molecule has 0 aromatic carbocycles. The molecular weight excluding hydrogens is 212 g/mol. The van der Waals surface area contributed by atoms with Crippen molar-refractivity contribution in [3.8, 4) is 0 Å². The zero-order chi connectivity index (χ0) is 12.1. The molecule has 0 aromatic rings. The summed E-state index contributed by atoms with van der Waals surface area (Å²) in [5, 5.41) is 3.71. The highest BCUT2D eigenvalue weighted by molar-refractivity contribution is 4.90. The first-order valence-corrected chi connectivity index (χ1v) is 7.31. The Hall–Kier alpha value is -0.120. The Bertz CT molecular complexity index is 224. The minimum Gasteiger partial charge on any atom is -0.377 e. The van der Waals surface area contributed by atoms with Gasteiger partial charge in [0.05, 0.1) is 6.10 Å². The van der Waals surface area contributed by atoms with Crippen molar-refractivity contribution in [3.63, 3.8) is 0 Å². The fraction of sp³-hybridized carbons (Fsp3) is 1.00. The predicted molar refractivity (Wildman–Crippen MR) is 71.3 cm³/mol. The minimum atomic E-state index is 0.340. The first-order valence-electron chi connectivity index (χ1n) is 7.31. The Labute approximate surface area is 106 Å². The van der Waals surface area contributed by atoms with Crippen molar-refractivity contribution in [3.05, 3.63) is 0 Å². The standard InChI is InChI=1S/C14H28N2O/c1-3-17-13-7-6-10-16(11-13)12-14(2)8-4-5-9-15-14/h13,15H,3-12H2,1-2H3. The third-order valence-corrected chi connectivity index (χ3v) is 4.14. The van der Waals surface area contributed by atoms with Crippen LogP contribution in [0, 0.1) is 0 Å². The summed E-state index contributed by atoms with van der Waals surface area (Å²) in [6, 6.07) is 0. The van der Waals surface area contributed by atoms with Crippen LogP contribution in [0.4, 0.5) is 0 Å². The van der Waals surface area contributed by atoms with Crippen LogP contribution in [-0.4, -0.2) is 49.3 Å². The van der Waals surface area contributed by atoms with Crippen molar-refractivity contribution in [1.29, 1.82) is 0 Å². The lowest BCUT2D eigenvalue weighted by atomic mass is 9.89. The van der Waals surface area contributed by atoms with E-state index in [1.807, 2.05) is 0 Å². The van der Waals surface area contributed by atoms with E-state index in [1.165, 1.54) is 51.7 Å². The molecule has 100 valence electrons. The van der Waals surface area contributed by atoms with Crippen molar-refractivity contribution in [1.82, 2.24) is 10.2 Å². The lowest BCUT2D eigenvalue weighted by Gasteiger charge is -2.42. The molecule has 2 fully saturated rings. The average molecular weight is 240 g/mol. The number of likely N-dealkylation sites (tertiary alicyclic amines) is 1. The smallest absolute Gasteiger partial charge is 0.0702 e. The molecule has 0 spiro atoms. The van der Waals surface area contributed by atoms with Crippen LogP contribution in [0.25, 0.3) is 0 Å². The van der Waals surface area contributed by atoms with Gasteiger partial charge in [0.2, 0.25) is 0 Å². The van der Waals surface area contributed by atoms with Crippen molar-refractivity contribution in [2.75, 3.05) is 32.8 Å². The second-order valence-electron chi connectivity index (χ2n) is 5.90. The third kappa shape index (κ3) is 3.94. The lowest BCUT2D eigenvalue weighted by molar-refractivity contribution is -0.00278. The summed E-state index contributed by atoms with van der Waals surface area (Å²) in [4.78, 5) is 2.60. The van der Waals surface area contributed by atoms with E-state index >= 15 is 0 Å². The minimum absolute atomic E-state index is 0.340. The SMILES string of the molecule is CCOC1CCCN(CC2(C)CCCCN2)C1. The largest absolute Gasteiger partial charge is 0.377 e. The molecule has 3 heteroatoms. The van der Waals surface area contributed by atoms with Crippen LogP contribution in [0.15, 0.2) is 0 Å². The maximum Gasteiger partial charge on any atom is 0.0702 e. The van der Waals surface area contributed by atoms with Crippen LogP contribution in [-0.2, 0) is 4.74 Å². The number of ether oxygens (including phenoxy) is 1. The highest BCUT2D eigenvalue weighted by atomic mass is 16.5. The van der Waals surface area contributed by atoms with Gasteiger partial charge in [-0.1, -0.05) is 6.42 Å². The highest BCUT2D eigenvalue weighted by Gasteiger charge is 2.30. The van der Waals surface area contributed by atoms with Gasteiger partial charge < -0.3 is 10.1 Å². The number of piperidine rings is 2. The summed E-state index contributed by atoms with van der Waals surface area (Å²) < 4.78 is 5.77. The summed E-state index contributed by atoms with van der Waals surface area (Å²) in [5.74, 6) is 0. The topological polar surface area (TPSA) is 24.5 Å². The number of nitrogens with one attached hydrogen (secondary N) is 1. The molecule has 1 N–H and O–H groups in total. The van der Waals surface area contributed by atoms with E-state index in [0.29, 0.717) is 11.6 Å². The molecule has 0 aliphatic carbocycles. The monoisotopic (exact) mass is 240 g/mol. The molecule has 0 saturated carbocycles. The number of hydrogen-bond donors (Lipinski definition) is 1. The van der Waals surface area contributed by atoms with Gasteiger partial charge in [-0.15, -0.1) is 0 Å². The molecule has 0 amide bonds.